The number of carbonyl (C=O) groups is 1. The molecule has 1 heterocycles. The fourth-order valence-electron chi connectivity index (χ4n) is 2.66. The first kappa shape index (κ1) is 14.3. The molecule has 0 spiro atoms. The highest BCUT2D eigenvalue weighted by Gasteiger charge is 2.15. The van der Waals surface area contributed by atoms with Gasteiger partial charge in [-0.15, -0.1) is 0 Å². The Morgan fingerprint density at radius 2 is 2.09 bits per heavy atom. The number of fused-ring (bicyclic) bond motifs is 1. The Kier molecular flexibility index (Phi) is 3.67. The first-order chi connectivity index (χ1) is 10.6. The van der Waals surface area contributed by atoms with Gasteiger partial charge in [-0.25, -0.2) is 4.39 Å². The van der Waals surface area contributed by atoms with Crippen molar-refractivity contribution in [1.82, 2.24) is 4.98 Å². The summed E-state index contributed by atoms with van der Waals surface area (Å²) in [4.78, 5) is 15.6. The number of hydrogen-bond acceptors (Lipinski definition) is 1. The molecule has 4 heteroatoms. The Labute approximate surface area is 128 Å². The summed E-state index contributed by atoms with van der Waals surface area (Å²) in [6, 6.07) is 10.3. The summed E-state index contributed by atoms with van der Waals surface area (Å²) >= 11 is 0. The van der Waals surface area contributed by atoms with Crippen LogP contribution in [-0.4, -0.2) is 10.9 Å². The van der Waals surface area contributed by atoms with E-state index in [0.717, 1.165) is 28.8 Å². The summed E-state index contributed by atoms with van der Waals surface area (Å²) < 4.78 is 13.4. The molecule has 1 aromatic heterocycles. The number of hydrogen-bond donors (Lipinski definition) is 2. The third-order valence-corrected chi connectivity index (χ3v) is 3.87. The van der Waals surface area contributed by atoms with Gasteiger partial charge in [0.15, 0.2) is 0 Å². The number of amides is 1. The largest absolute Gasteiger partial charge is 0.360 e. The molecular formula is C18H17FN2O. The molecule has 0 radical (unpaired) electrons. The van der Waals surface area contributed by atoms with Crippen LogP contribution < -0.4 is 5.32 Å². The number of benzene rings is 2. The number of aryl methyl sites for hydroxylation is 2. The highest BCUT2D eigenvalue weighted by Crippen LogP contribution is 2.24. The second-order valence-corrected chi connectivity index (χ2v) is 5.31. The zero-order chi connectivity index (χ0) is 15.7. The molecule has 3 nitrogen and oxygen atoms in total. The second kappa shape index (κ2) is 5.64. The predicted octanol–water partition coefficient (Wildman–Crippen LogP) is 4.43. The quantitative estimate of drug-likeness (QED) is 0.738. The number of anilines is 1. The number of aromatic nitrogens is 1. The summed E-state index contributed by atoms with van der Waals surface area (Å²) in [5.41, 5.74) is 4.12. The minimum Gasteiger partial charge on any atom is -0.360 e. The molecule has 0 aliphatic rings. The Balaban J connectivity index is 1.99. The summed E-state index contributed by atoms with van der Waals surface area (Å²) in [5, 5.41) is 3.55. The van der Waals surface area contributed by atoms with Crippen LogP contribution in [-0.2, 0) is 6.42 Å². The standard InChI is InChI=1S/C18H17FN2O/c1-3-12-6-4-5-11(2)17(12)21-18(22)15-10-20-16-8-7-13(19)9-14(15)16/h4-10,20H,3H2,1-2H3,(H,21,22). The van der Waals surface area contributed by atoms with E-state index < -0.39 is 0 Å². The van der Waals surface area contributed by atoms with Gasteiger partial charge in [0.25, 0.3) is 5.91 Å². The maximum atomic E-state index is 13.4. The van der Waals surface area contributed by atoms with Gasteiger partial charge in [0, 0.05) is 22.8 Å². The van der Waals surface area contributed by atoms with Crippen molar-refractivity contribution < 1.29 is 9.18 Å². The topological polar surface area (TPSA) is 44.9 Å². The van der Waals surface area contributed by atoms with E-state index in [2.05, 4.69) is 10.3 Å². The van der Waals surface area contributed by atoms with Crippen molar-refractivity contribution >= 4 is 22.5 Å². The first-order valence-electron chi connectivity index (χ1n) is 7.26. The maximum absolute atomic E-state index is 13.4. The van der Waals surface area contributed by atoms with Crippen LogP contribution in [0.2, 0.25) is 0 Å². The highest BCUT2D eigenvalue weighted by molar-refractivity contribution is 6.13. The van der Waals surface area contributed by atoms with Gasteiger partial charge in [0.05, 0.1) is 5.56 Å². The van der Waals surface area contributed by atoms with Crippen molar-refractivity contribution in [3.05, 3.63) is 65.1 Å². The zero-order valence-corrected chi connectivity index (χ0v) is 12.5. The normalized spacial score (nSPS) is 10.9. The molecule has 2 N–H and O–H groups in total. The van der Waals surface area contributed by atoms with E-state index in [1.807, 2.05) is 32.0 Å². The summed E-state index contributed by atoms with van der Waals surface area (Å²) in [6.45, 7) is 4.01. The zero-order valence-electron chi connectivity index (χ0n) is 12.5. The smallest absolute Gasteiger partial charge is 0.257 e. The van der Waals surface area contributed by atoms with E-state index in [-0.39, 0.29) is 11.7 Å². The number of carbonyl (C=O) groups excluding carboxylic acids is 1. The highest BCUT2D eigenvalue weighted by atomic mass is 19.1. The fourth-order valence-corrected chi connectivity index (χ4v) is 2.66. The van der Waals surface area contributed by atoms with Crippen molar-refractivity contribution in [3.63, 3.8) is 0 Å². The van der Waals surface area contributed by atoms with E-state index in [1.54, 1.807) is 12.3 Å². The molecule has 1 amide bonds. The molecule has 22 heavy (non-hydrogen) atoms. The molecule has 0 aliphatic carbocycles. The minimum absolute atomic E-state index is 0.235. The van der Waals surface area contributed by atoms with Crippen LogP contribution >= 0.6 is 0 Å². The molecule has 0 saturated heterocycles. The van der Waals surface area contributed by atoms with Gasteiger partial charge < -0.3 is 10.3 Å². The number of aromatic amines is 1. The molecule has 0 unspecified atom stereocenters. The molecule has 0 saturated carbocycles. The number of H-pyrrole nitrogens is 1. The molecule has 0 atom stereocenters. The molecule has 0 fully saturated rings. The average molecular weight is 296 g/mol. The first-order valence-corrected chi connectivity index (χ1v) is 7.26. The van der Waals surface area contributed by atoms with Crippen molar-refractivity contribution in [1.29, 1.82) is 0 Å². The molecule has 0 aliphatic heterocycles. The molecule has 3 rings (SSSR count). The van der Waals surface area contributed by atoms with Crippen LogP contribution in [0.15, 0.2) is 42.6 Å². The lowest BCUT2D eigenvalue weighted by molar-refractivity contribution is 0.102. The van der Waals surface area contributed by atoms with Gasteiger partial charge in [0.2, 0.25) is 0 Å². The monoisotopic (exact) mass is 296 g/mol. The summed E-state index contributed by atoms with van der Waals surface area (Å²) in [7, 11) is 0. The Bertz CT molecular complexity index is 851. The van der Waals surface area contributed by atoms with Crippen LogP contribution in [0.1, 0.15) is 28.4 Å². The van der Waals surface area contributed by atoms with Gasteiger partial charge in [-0.1, -0.05) is 25.1 Å². The predicted molar refractivity (Wildman–Crippen MR) is 86.8 cm³/mol. The summed E-state index contributed by atoms with van der Waals surface area (Å²) in [5.74, 6) is -0.591. The molecule has 0 bridgehead atoms. The lowest BCUT2D eigenvalue weighted by atomic mass is 10.1. The SMILES string of the molecule is CCc1cccc(C)c1NC(=O)c1c[nH]c2ccc(F)cc12. The Morgan fingerprint density at radius 3 is 2.86 bits per heavy atom. The van der Waals surface area contributed by atoms with E-state index >= 15 is 0 Å². The number of nitrogens with one attached hydrogen (secondary N) is 2. The van der Waals surface area contributed by atoms with Crippen molar-refractivity contribution in [2.75, 3.05) is 5.32 Å². The number of halogens is 1. The maximum Gasteiger partial charge on any atom is 0.257 e. The lowest BCUT2D eigenvalue weighted by Crippen LogP contribution is -2.14. The molecular weight excluding hydrogens is 279 g/mol. The van der Waals surface area contributed by atoms with Crippen LogP contribution in [0.4, 0.5) is 10.1 Å². The average Bonchev–Trinajstić information content (AvgIpc) is 2.92. The second-order valence-electron chi connectivity index (χ2n) is 5.31. The minimum atomic E-state index is -0.355. The van der Waals surface area contributed by atoms with Gasteiger partial charge >= 0.3 is 0 Å². The van der Waals surface area contributed by atoms with E-state index in [1.165, 1.54) is 12.1 Å². The van der Waals surface area contributed by atoms with Gasteiger partial charge in [0.1, 0.15) is 5.82 Å². The van der Waals surface area contributed by atoms with E-state index in [0.29, 0.717) is 10.9 Å². The van der Waals surface area contributed by atoms with Crippen LogP contribution in [0, 0.1) is 12.7 Å². The third kappa shape index (κ3) is 2.48. The number of para-hydroxylation sites is 1. The molecule has 2 aromatic carbocycles. The Hall–Kier alpha value is -2.62. The third-order valence-electron chi connectivity index (χ3n) is 3.87. The van der Waals surface area contributed by atoms with Crippen LogP contribution in [0.25, 0.3) is 10.9 Å². The van der Waals surface area contributed by atoms with Crippen molar-refractivity contribution in [2.45, 2.75) is 20.3 Å². The fraction of sp³-hybridized carbons (Fsp3) is 0.167. The van der Waals surface area contributed by atoms with Crippen molar-refractivity contribution in [3.8, 4) is 0 Å². The van der Waals surface area contributed by atoms with E-state index in [4.69, 9.17) is 0 Å². The number of rotatable bonds is 3. The van der Waals surface area contributed by atoms with Gasteiger partial charge in [-0.2, -0.15) is 0 Å². The molecule has 3 aromatic rings. The molecule has 112 valence electrons. The van der Waals surface area contributed by atoms with Crippen LogP contribution in [0.5, 0.6) is 0 Å². The van der Waals surface area contributed by atoms with Gasteiger partial charge in [-0.3, -0.25) is 4.79 Å². The van der Waals surface area contributed by atoms with Crippen LogP contribution in [0.3, 0.4) is 0 Å². The van der Waals surface area contributed by atoms with E-state index in [9.17, 15) is 9.18 Å². The van der Waals surface area contributed by atoms with Crippen molar-refractivity contribution in [2.24, 2.45) is 0 Å². The van der Waals surface area contributed by atoms with Gasteiger partial charge in [-0.05, 0) is 42.7 Å². The lowest BCUT2D eigenvalue weighted by Gasteiger charge is -2.12. The Morgan fingerprint density at radius 1 is 1.27 bits per heavy atom. The summed E-state index contributed by atoms with van der Waals surface area (Å²) in [6.07, 6.45) is 2.45.